The largest absolute Gasteiger partial charge is 0.366 e. The van der Waals surface area contributed by atoms with Crippen molar-refractivity contribution in [2.45, 2.75) is 18.6 Å². The lowest BCUT2D eigenvalue weighted by Crippen LogP contribution is -2.64. The van der Waals surface area contributed by atoms with Gasteiger partial charge in [-0.15, -0.1) is 0 Å². The molecule has 0 bridgehead atoms. The first-order chi connectivity index (χ1) is 14.3. The molecule has 30 heavy (non-hydrogen) atoms. The van der Waals surface area contributed by atoms with Crippen LogP contribution >= 0.6 is 23.2 Å². The molecule has 2 heterocycles. The van der Waals surface area contributed by atoms with E-state index in [1.54, 1.807) is 30.3 Å². The van der Waals surface area contributed by atoms with Gasteiger partial charge in [-0.3, -0.25) is 14.5 Å². The number of likely N-dealkylation sites (N-methyl/N-ethyl adjacent to an activating group) is 1. The van der Waals surface area contributed by atoms with E-state index < -0.39 is 24.0 Å². The third-order valence-electron chi connectivity index (χ3n) is 5.10. The number of anilines is 1. The number of carbonyl (C=O) groups excluding carboxylic acids is 3. The van der Waals surface area contributed by atoms with Gasteiger partial charge in [-0.25, -0.2) is 4.79 Å². The summed E-state index contributed by atoms with van der Waals surface area (Å²) in [5.41, 5.74) is 1.45. The van der Waals surface area contributed by atoms with Gasteiger partial charge in [0.25, 0.3) is 11.8 Å². The van der Waals surface area contributed by atoms with E-state index in [1.807, 2.05) is 30.3 Å². The fourth-order valence-electron chi connectivity index (χ4n) is 3.63. The summed E-state index contributed by atoms with van der Waals surface area (Å²) < 4.78 is 0. The van der Waals surface area contributed by atoms with E-state index >= 15 is 0 Å². The van der Waals surface area contributed by atoms with Crippen LogP contribution in [0.25, 0.3) is 0 Å². The Morgan fingerprint density at radius 3 is 2.60 bits per heavy atom. The summed E-state index contributed by atoms with van der Waals surface area (Å²) in [6.45, 7) is 0.155. The van der Waals surface area contributed by atoms with Crippen molar-refractivity contribution in [3.8, 4) is 0 Å². The fourth-order valence-corrected chi connectivity index (χ4v) is 3.97. The molecule has 0 spiro atoms. The van der Waals surface area contributed by atoms with Crippen molar-refractivity contribution < 1.29 is 14.4 Å². The van der Waals surface area contributed by atoms with E-state index in [9.17, 15) is 14.4 Å². The van der Waals surface area contributed by atoms with Crippen LogP contribution in [0.5, 0.6) is 0 Å². The SMILES string of the molecule is CN1C=C(C(=O)Nc2cc(Cl)ccc2Cl)C2NC(=O)N(Cc3ccccc3)C(=O)C21. The summed E-state index contributed by atoms with van der Waals surface area (Å²) in [4.78, 5) is 41.4. The lowest BCUT2D eigenvalue weighted by molar-refractivity contribution is -0.134. The van der Waals surface area contributed by atoms with Crippen LogP contribution in [0, 0.1) is 0 Å². The molecule has 2 aromatic carbocycles. The van der Waals surface area contributed by atoms with E-state index in [0.717, 1.165) is 10.5 Å². The lowest BCUT2D eigenvalue weighted by atomic mass is 9.99. The van der Waals surface area contributed by atoms with Crippen molar-refractivity contribution in [2.75, 3.05) is 12.4 Å². The van der Waals surface area contributed by atoms with Crippen molar-refractivity contribution in [2.24, 2.45) is 0 Å². The number of urea groups is 1. The van der Waals surface area contributed by atoms with Gasteiger partial charge in [0.15, 0.2) is 0 Å². The number of rotatable bonds is 4. The number of halogens is 2. The van der Waals surface area contributed by atoms with Gasteiger partial charge in [0, 0.05) is 18.3 Å². The number of benzene rings is 2. The summed E-state index contributed by atoms with van der Waals surface area (Å²) in [5.74, 6) is -0.835. The molecule has 4 rings (SSSR count). The van der Waals surface area contributed by atoms with Gasteiger partial charge in [0.1, 0.15) is 6.04 Å². The quantitative estimate of drug-likeness (QED) is 0.757. The van der Waals surface area contributed by atoms with Crippen LogP contribution in [0.4, 0.5) is 10.5 Å². The van der Waals surface area contributed by atoms with Gasteiger partial charge in [0.2, 0.25) is 0 Å². The summed E-state index contributed by atoms with van der Waals surface area (Å²) in [7, 11) is 1.69. The number of hydrogen-bond acceptors (Lipinski definition) is 4. The Kier molecular flexibility index (Phi) is 5.40. The highest BCUT2D eigenvalue weighted by Crippen LogP contribution is 2.30. The molecule has 7 nitrogen and oxygen atoms in total. The second kappa shape index (κ2) is 8.01. The molecule has 2 atom stereocenters. The van der Waals surface area contributed by atoms with Gasteiger partial charge >= 0.3 is 6.03 Å². The van der Waals surface area contributed by atoms with Gasteiger partial charge in [-0.2, -0.15) is 0 Å². The molecule has 1 fully saturated rings. The number of nitrogens with zero attached hydrogens (tertiary/aromatic N) is 2. The van der Waals surface area contributed by atoms with Crippen LogP contribution < -0.4 is 10.6 Å². The minimum absolute atomic E-state index is 0.155. The average Bonchev–Trinajstić information content (AvgIpc) is 3.05. The van der Waals surface area contributed by atoms with Crippen molar-refractivity contribution in [3.63, 3.8) is 0 Å². The lowest BCUT2D eigenvalue weighted by Gasteiger charge is -2.37. The van der Waals surface area contributed by atoms with Gasteiger partial charge in [0.05, 0.1) is 28.9 Å². The first kappa shape index (κ1) is 20.3. The zero-order valence-electron chi connectivity index (χ0n) is 15.9. The van der Waals surface area contributed by atoms with E-state index in [2.05, 4.69) is 10.6 Å². The summed E-state index contributed by atoms with van der Waals surface area (Å²) in [5, 5.41) is 6.24. The molecule has 1 saturated heterocycles. The molecule has 2 N–H and O–H groups in total. The molecule has 2 aromatic rings. The zero-order chi connectivity index (χ0) is 21.4. The Labute approximate surface area is 183 Å². The predicted octanol–water partition coefficient (Wildman–Crippen LogP) is 3.25. The summed E-state index contributed by atoms with van der Waals surface area (Å²) >= 11 is 12.1. The fraction of sp³-hybridized carbons (Fsp3) is 0.190. The molecule has 2 aliphatic heterocycles. The van der Waals surface area contributed by atoms with E-state index in [-0.39, 0.29) is 18.0 Å². The molecule has 4 amide bonds. The first-order valence-corrected chi connectivity index (χ1v) is 9.96. The van der Waals surface area contributed by atoms with Crippen molar-refractivity contribution in [3.05, 3.63) is 75.9 Å². The van der Waals surface area contributed by atoms with Crippen molar-refractivity contribution in [1.82, 2.24) is 15.1 Å². The molecule has 0 aliphatic carbocycles. The number of nitrogens with one attached hydrogen (secondary N) is 2. The normalized spacial score (nSPS) is 20.6. The number of hydrogen-bond donors (Lipinski definition) is 2. The minimum Gasteiger partial charge on any atom is -0.366 e. The number of amides is 4. The molecule has 2 aliphatic rings. The number of fused-ring (bicyclic) bond motifs is 1. The highest BCUT2D eigenvalue weighted by atomic mass is 35.5. The van der Waals surface area contributed by atoms with E-state index in [4.69, 9.17) is 23.2 Å². The topological polar surface area (TPSA) is 81.8 Å². The molecular formula is C21H18Cl2N4O3. The van der Waals surface area contributed by atoms with Crippen LogP contribution in [0.2, 0.25) is 10.0 Å². The van der Waals surface area contributed by atoms with Gasteiger partial charge in [-0.1, -0.05) is 53.5 Å². The molecule has 154 valence electrons. The van der Waals surface area contributed by atoms with Crippen LogP contribution in [-0.2, 0) is 16.1 Å². The highest BCUT2D eigenvalue weighted by Gasteiger charge is 2.49. The molecule has 9 heteroatoms. The highest BCUT2D eigenvalue weighted by molar-refractivity contribution is 6.36. The molecule has 0 radical (unpaired) electrons. The number of imide groups is 1. The summed E-state index contributed by atoms with van der Waals surface area (Å²) in [6, 6.07) is 11.9. The monoisotopic (exact) mass is 444 g/mol. The smallest absolute Gasteiger partial charge is 0.325 e. The van der Waals surface area contributed by atoms with E-state index in [1.165, 1.54) is 6.07 Å². The summed E-state index contributed by atoms with van der Waals surface area (Å²) in [6.07, 6.45) is 1.56. The van der Waals surface area contributed by atoms with Crippen LogP contribution in [0.1, 0.15) is 5.56 Å². The Morgan fingerprint density at radius 1 is 1.13 bits per heavy atom. The maximum Gasteiger partial charge on any atom is 0.325 e. The first-order valence-electron chi connectivity index (χ1n) is 9.21. The van der Waals surface area contributed by atoms with Crippen molar-refractivity contribution >= 4 is 46.7 Å². The minimum atomic E-state index is -0.764. The van der Waals surface area contributed by atoms with E-state index in [0.29, 0.717) is 15.7 Å². The Hall–Kier alpha value is -3.03. The van der Waals surface area contributed by atoms with Crippen LogP contribution in [0.15, 0.2) is 60.3 Å². The standard InChI is InChI=1S/C21H18Cl2N4O3/c1-26-11-14(19(28)24-16-9-13(22)7-8-15(16)23)17-18(26)20(29)27(21(30)25-17)10-12-5-3-2-4-6-12/h2-9,11,17-18H,10H2,1H3,(H,24,28)(H,25,30). The Bertz CT molecular complexity index is 1060. The third-order valence-corrected chi connectivity index (χ3v) is 5.66. The second-order valence-corrected chi connectivity index (χ2v) is 7.95. The maximum atomic E-state index is 13.1. The Balaban J connectivity index is 1.53. The zero-order valence-corrected chi connectivity index (χ0v) is 17.4. The predicted molar refractivity (Wildman–Crippen MR) is 114 cm³/mol. The molecule has 0 saturated carbocycles. The van der Waals surface area contributed by atoms with Crippen LogP contribution in [-0.4, -0.2) is 46.8 Å². The molecule has 2 unspecified atom stereocenters. The van der Waals surface area contributed by atoms with Crippen LogP contribution in [0.3, 0.4) is 0 Å². The molecular weight excluding hydrogens is 427 g/mol. The second-order valence-electron chi connectivity index (χ2n) is 7.11. The maximum absolute atomic E-state index is 13.1. The van der Waals surface area contributed by atoms with Gasteiger partial charge in [-0.05, 0) is 23.8 Å². The van der Waals surface area contributed by atoms with Gasteiger partial charge < -0.3 is 15.5 Å². The average molecular weight is 445 g/mol. The van der Waals surface area contributed by atoms with Crippen molar-refractivity contribution in [1.29, 1.82) is 0 Å². The Morgan fingerprint density at radius 2 is 1.87 bits per heavy atom. The number of carbonyl (C=O) groups is 3. The third kappa shape index (κ3) is 3.74. The molecule has 0 aromatic heterocycles.